The summed E-state index contributed by atoms with van der Waals surface area (Å²) in [5.41, 5.74) is 1.09. The molecule has 6 heteroatoms. The third-order valence-corrected chi connectivity index (χ3v) is 4.60. The highest BCUT2D eigenvalue weighted by atomic mass is 79.9. The molecule has 1 aromatic carbocycles. The van der Waals surface area contributed by atoms with E-state index < -0.39 is 0 Å². The summed E-state index contributed by atoms with van der Waals surface area (Å²) in [6.07, 6.45) is 3.51. The van der Waals surface area contributed by atoms with E-state index in [1.807, 2.05) is 6.07 Å². The third kappa shape index (κ3) is 4.76. The quantitative estimate of drug-likeness (QED) is 0.628. The van der Waals surface area contributed by atoms with Gasteiger partial charge < -0.3 is 10.2 Å². The minimum atomic E-state index is -0.350. The topological polar surface area (TPSA) is 58.4 Å². The van der Waals surface area contributed by atoms with Gasteiger partial charge in [-0.25, -0.2) is 0 Å². The zero-order chi connectivity index (χ0) is 15.2. The maximum absolute atomic E-state index is 10.9. The van der Waals surface area contributed by atoms with Crippen LogP contribution in [-0.2, 0) is 6.54 Å². The monoisotopic (exact) mass is 355 g/mol. The summed E-state index contributed by atoms with van der Waals surface area (Å²) in [4.78, 5) is 13.1. The van der Waals surface area contributed by atoms with Crippen molar-refractivity contribution in [2.75, 3.05) is 19.6 Å². The molecule has 1 aliphatic heterocycles. The number of likely N-dealkylation sites (tertiary alicyclic amines) is 1. The smallest absolute Gasteiger partial charge is 0.283 e. The molecule has 0 radical (unpaired) electrons. The van der Waals surface area contributed by atoms with Gasteiger partial charge in [0.25, 0.3) is 5.69 Å². The van der Waals surface area contributed by atoms with Crippen molar-refractivity contribution in [2.45, 2.75) is 38.8 Å². The van der Waals surface area contributed by atoms with Crippen LogP contribution in [0.25, 0.3) is 0 Å². The van der Waals surface area contributed by atoms with Crippen molar-refractivity contribution >= 4 is 21.6 Å². The van der Waals surface area contributed by atoms with E-state index in [0.717, 1.165) is 31.5 Å². The van der Waals surface area contributed by atoms with E-state index in [9.17, 15) is 10.1 Å². The number of nitrogens with one attached hydrogen (secondary N) is 1. The molecule has 0 aromatic heterocycles. The van der Waals surface area contributed by atoms with Crippen molar-refractivity contribution in [1.29, 1.82) is 0 Å². The second kappa shape index (κ2) is 7.87. The van der Waals surface area contributed by atoms with Gasteiger partial charge in [0.2, 0.25) is 0 Å². The average Bonchev–Trinajstić information content (AvgIpc) is 2.48. The van der Waals surface area contributed by atoms with Crippen LogP contribution in [0.4, 0.5) is 5.69 Å². The number of hydrogen-bond donors (Lipinski definition) is 1. The molecule has 2 rings (SSSR count). The molecule has 0 spiro atoms. The summed E-state index contributed by atoms with van der Waals surface area (Å²) in [6.45, 7) is 6.38. The van der Waals surface area contributed by atoms with Gasteiger partial charge in [-0.05, 0) is 66.5 Å². The van der Waals surface area contributed by atoms with Gasteiger partial charge in [-0.15, -0.1) is 0 Å². The number of rotatable bonds is 6. The highest BCUT2D eigenvalue weighted by Gasteiger charge is 2.18. The number of nitro groups is 1. The van der Waals surface area contributed by atoms with Crippen molar-refractivity contribution in [2.24, 2.45) is 0 Å². The number of nitrogens with zero attached hydrogens (tertiary/aromatic N) is 2. The lowest BCUT2D eigenvalue weighted by molar-refractivity contribution is -0.385. The minimum Gasteiger partial charge on any atom is -0.310 e. The van der Waals surface area contributed by atoms with Gasteiger partial charge in [-0.1, -0.05) is 13.0 Å². The molecule has 1 aromatic rings. The zero-order valence-corrected chi connectivity index (χ0v) is 13.9. The second-order valence-electron chi connectivity index (χ2n) is 5.54. The molecule has 0 saturated carbocycles. The largest absolute Gasteiger partial charge is 0.310 e. The summed E-state index contributed by atoms with van der Waals surface area (Å²) in [6, 6.07) is 5.83. The fourth-order valence-corrected chi connectivity index (χ4v) is 3.14. The highest BCUT2D eigenvalue weighted by Crippen LogP contribution is 2.25. The predicted molar refractivity (Wildman–Crippen MR) is 87.4 cm³/mol. The molecule has 0 atom stereocenters. The lowest BCUT2D eigenvalue weighted by Crippen LogP contribution is -2.42. The summed E-state index contributed by atoms with van der Waals surface area (Å²) in [7, 11) is 0. The van der Waals surface area contributed by atoms with Crippen molar-refractivity contribution in [3.05, 3.63) is 38.3 Å². The highest BCUT2D eigenvalue weighted by molar-refractivity contribution is 9.10. The van der Waals surface area contributed by atoms with Gasteiger partial charge in [0.1, 0.15) is 0 Å². The fourth-order valence-electron chi connectivity index (χ4n) is 2.75. The first-order valence-corrected chi connectivity index (χ1v) is 8.28. The Morgan fingerprint density at radius 1 is 1.43 bits per heavy atom. The Kier molecular flexibility index (Phi) is 6.14. The van der Waals surface area contributed by atoms with Gasteiger partial charge >= 0.3 is 0 Å². The molecule has 21 heavy (non-hydrogen) atoms. The zero-order valence-electron chi connectivity index (χ0n) is 12.3. The molecule has 0 bridgehead atoms. The average molecular weight is 356 g/mol. The standard InChI is InChI=1S/C15H22BrN3O2/c1-2-7-18-8-5-13(6-9-18)17-11-12-3-4-14(16)15(10-12)19(20)21/h3-4,10,13,17H,2,5-9,11H2,1H3. The molecule has 1 heterocycles. The Morgan fingerprint density at radius 2 is 2.14 bits per heavy atom. The van der Waals surface area contributed by atoms with E-state index in [2.05, 4.69) is 33.1 Å². The molecule has 1 fully saturated rings. The number of benzene rings is 1. The number of halogens is 1. The van der Waals surface area contributed by atoms with Crippen LogP contribution >= 0.6 is 15.9 Å². The van der Waals surface area contributed by atoms with Gasteiger partial charge in [-0.3, -0.25) is 10.1 Å². The van der Waals surface area contributed by atoms with Gasteiger partial charge in [0.05, 0.1) is 9.40 Å². The van der Waals surface area contributed by atoms with Crippen molar-refractivity contribution in [3.63, 3.8) is 0 Å². The first-order valence-electron chi connectivity index (χ1n) is 7.48. The van der Waals surface area contributed by atoms with E-state index >= 15 is 0 Å². The normalized spacial score (nSPS) is 17.0. The molecule has 1 N–H and O–H groups in total. The lowest BCUT2D eigenvalue weighted by atomic mass is 10.0. The number of nitro benzene ring substituents is 1. The first kappa shape index (κ1) is 16.4. The molecular weight excluding hydrogens is 334 g/mol. The number of hydrogen-bond acceptors (Lipinski definition) is 4. The first-order chi connectivity index (χ1) is 10.1. The summed E-state index contributed by atoms with van der Waals surface area (Å²) >= 11 is 3.21. The molecule has 0 aliphatic carbocycles. The van der Waals surface area contributed by atoms with E-state index in [1.54, 1.807) is 12.1 Å². The Bertz CT molecular complexity index is 488. The Balaban J connectivity index is 1.84. The van der Waals surface area contributed by atoms with E-state index in [-0.39, 0.29) is 10.6 Å². The number of piperidine rings is 1. The molecule has 0 unspecified atom stereocenters. The Labute approximate surface area is 134 Å². The fraction of sp³-hybridized carbons (Fsp3) is 0.600. The summed E-state index contributed by atoms with van der Waals surface area (Å²) in [5, 5.41) is 14.4. The lowest BCUT2D eigenvalue weighted by Gasteiger charge is -2.32. The molecule has 0 amide bonds. The summed E-state index contributed by atoms with van der Waals surface area (Å²) < 4.78 is 0.532. The van der Waals surface area contributed by atoms with Crippen LogP contribution in [0.1, 0.15) is 31.7 Å². The Hall–Kier alpha value is -0.980. The van der Waals surface area contributed by atoms with Crippen molar-refractivity contribution in [3.8, 4) is 0 Å². The molecule has 5 nitrogen and oxygen atoms in total. The van der Waals surface area contributed by atoms with Crippen LogP contribution in [0.3, 0.4) is 0 Å². The van der Waals surface area contributed by atoms with Crippen LogP contribution in [-0.4, -0.2) is 35.5 Å². The van der Waals surface area contributed by atoms with Crippen LogP contribution < -0.4 is 5.32 Å². The molecule has 1 saturated heterocycles. The third-order valence-electron chi connectivity index (χ3n) is 3.93. The van der Waals surface area contributed by atoms with Crippen LogP contribution in [0.5, 0.6) is 0 Å². The SMILES string of the molecule is CCCN1CCC(NCc2ccc(Br)c([N+](=O)[O-])c2)CC1. The Morgan fingerprint density at radius 3 is 2.76 bits per heavy atom. The van der Waals surface area contributed by atoms with Gasteiger partial charge in [0, 0.05) is 18.7 Å². The van der Waals surface area contributed by atoms with Crippen LogP contribution in [0.15, 0.2) is 22.7 Å². The van der Waals surface area contributed by atoms with E-state index in [1.165, 1.54) is 13.0 Å². The van der Waals surface area contributed by atoms with Crippen LogP contribution in [0.2, 0.25) is 0 Å². The van der Waals surface area contributed by atoms with Crippen molar-refractivity contribution in [1.82, 2.24) is 10.2 Å². The van der Waals surface area contributed by atoms with Crippen molar-refractivity contribution < 1.29 is 4.92 Å². The maximum Gasteiger partial charge on any atom is 0.283 e. The van der Waals surface area contributed by atoms with Gasteiger partial charge in [0.15, 0.2) is 0 Å². The maximum atomic E-state index is 10.9. The summed E-state index contributed by atoms with van der Waals surface area (Å²) in [5.74, 6) is 0. The molecule has 116 valence electrons. The van der Waals surface area contributed by atoms with Gasteiger partial charge in [-0.2, -0.15) is 0 Å². The molecule has 1 aliphatic rings. The second-order valence-corrected chi connectivity index (χ2v) is 6.39. The predicted octanol–water partition coefficient (Wildman–Crippen LogP) is 3.32. The van der Waals surface area contributed by atoms with Crippen LogP contribution in [0, 0.1) is 10.1 Å². The minimum absolute atomic E-state index is 0.132. The molecular formula is C15H22BrN3O2. The van der Waals surface area contributed by atoms with E-state index in [0.29, 0.717) is 17.1 Å². The van der Waals surface area contributed by atoms with E-state index in [4.69, 9.17) is 0 Å².